The zero-order valence-corrected chi connectivity index (χ0v) is 10.5. The Morgan fingerprint density at radius 2 is 1.89 bits per heavy atom. The molecule has 2 N–H and O–H groups in total. The molecule has 0 bridgehead atoms. The molecule has 6 heteroatoms. The predicted molar refractivity (Wildman–Crippen MR) is 72.4 cm³/mol. The van der Waals surface area contributed by atoms with Crippen LogP contribution in [-0.2, 0) is 0 Å². The lowest BCUT2D eigenvalue weighted by atomic mass is 10.2. The summed E-state index contributed by atoms with van der Waals surface area (Å²) >= 11 is 6.10. The van der Waals surface area contributed by atoms with E-state index in [0.29, 0.717) is 28.0 Å². The monoisotopic (exact) mass is 272 g/mol. The normalized spacial score (nSPS) is 10.6. The van der Waals surface area contributed by atoms with Crippen LogP contribution in [0.3, 0.4) is 0 Å². The van der Waals surface area contributed by atoms with Gasteiger partial charge in [-0.05, 0) is 30.3 Å². The molecular weight excluding hydrogens is 264 g/mol. The summed E-state index contributed by atoms with van der Waals surface area (Å²) in [7, 11) is 0. The van der Waals surface area contributed by atoms with Crippen LogP contribution in [0.2, 0.25) is 5.02 Å². The summed E-state index contributed by atoms with van der Waals surface area (Å²) in [5.41, 5.74) is 7.72. The van der Waals surface area contributed by atoms with Gasteiger partial charge >= 0.3 is 0 Å². The lowest BCUT2D eigenvalue weighted by Crippen LogP contribution is -1.86. The first-order valence-corrected chi connectivity index (χ1v) is 5.91. The van der Waals surface area contributed by atoms with E-state index in [9.17, 15) is 0 Å². The van der Waals surface area contributed by atoms with Gasteiger partial charge in [-0.15, -0.1) is 0 Å². The summed E-state index contributed by atoms with van der Waals surface area (Å²) in [6.45, 7) is 0. The molecule has 0 radical (unpaired) electrons. The Bertz CT molecular complexity index is 712. The summed E-state index contributed by atoms with van der Waals surface area (Å²) in [6, 6.07) is 8.74. The van der Waals surface area contributed by atoms with Crippen LogP contribution in [0.5, 0.6) is 0 Å². The van der Waals surface area contributed by atoms with Crippen molar-refractivity contribution in [2.45, 2.75) is 0 Å². The Kier molecular flexibility index (Phi) is 2.89. The number of benzene rings is 1. The van der Waals surface area contributed by atoms with E-state index >= 15 is 0 Å². The van der Waals surface area contributed by atoms with Crippen molar-refractivity contribution >= 4 is 17.3 Å². The number of rotatable bonds is 2. The largest absolute Gasteiger partial charge is 0.399 e. The molecule has 0 aliphatic rings. The molecule has 5 nitrogen and oxygen atoms in total. The smallest absolute Gasteiger partial charge is 0.259 e. The molecule has 94 valence electrons. The van der Waals surface area contributed by atoms with Gasteiger partial charge in [-0.25, -0.2) is 0 Å². The van der Waals surface area contributed by atoms with Gasteiger partial charge in [0.2, 0.25) is 5.82 Å². The van der Waals surface area contributed by atoms with Crippen LogP contribution < -0.4 is 5.73 Å². The van der Waals surface area contributed by atoms with E-state index in [1.165, 1.54) is 0 Å². The minimum absolute atomic E-state index is 0.358. The fraction of sp³-hybridized carbons (Fsp3) is 0. The second-order valence-electron chi connectivity index (χ2n) is 3.90. The Balaban J connectivity index is 2.02. The van der Waals surface area contributed by atoms with Crippen LogP contribution in [0.15, 0.2) is 47.2 Å². The molecule has 0 spiro atoms. The molecule has 3 aromatic rings. The van der Waals surface area contributed by atoms with Crippen LogP contribution in [0.1, 0.15) is 0 Å². The van der Waals surface area contributed by atoms with Crippen molar-refractivity contribution in [3.8, 4) is 22.8 Å². The van der Waals surface area contributed by atoms with E-state index in [1.807, 2.05) is 0 Å². The van der Waals surface area contributed by atoms with Gasteiger partial charge in [0, 0.05) is 23.6 Å². The number of nitrogens with two attached hydrogens (primary N) is 1. The van der Waals surface area contributed by atoms with Gasteiger partial charge in [-0.2, -0.15) is 4.98 Å². The molecule has 2 aromatic heterocycles. The number of halogens is 1. The summed E-state index contributed by atoms with van der Waals surface area (Å²) in [5, 5.41) is 4.40. The van der Waals surface area contributed by atoms with Gasteiger partial charge in [0.15, 0.2) is 0 Å². The Labute approximate surface area is 114 Å². The van der Waals surface area contributed by atoms with Crippen molar-refractivity contribution in [2.75, 3.05) is 5.73 Å². The molecule has 0 fully saturated rings. The molecule has 0 saturated heterocycles. The zero-order chi connectivity index (χ0) is 13.2. The van der Waals surface area contributed by atoms with E-state index in [1.54, 1.807) is 42.7 Å². The molecule has 0 unspecified atom stereocenters. The van der Waals surface area contributed by atoms with Crippen molar-refractivity contribution in [3.63, 3.8) is 0 Å². The SMILES string of the molecule is Nc1ccc(-c2nc(-c3ccncc3)no2)c(Cl)c1. The first-order chi connectivity index (χ1) is 9.24. The maximum atomic E-state index is 6.10. The molecule has 1 aromatic carbocycles. The van der Waals surface area contributed by atoms with Gasteiger partial charge in [-0.3, -0.25) is 4.98 Å². The molecule has 0 aliphatic heterocycles. The van der Waals surface area contributed by atoms with Crippen molar-refractivity contribution in [2.24, 2.45) is 0 Å². The van der Waals surface area contributed by atoms with E-state index in [-0.39, 0.29) is 0 Å². The highest BCUT2D eigenvalue weighted by Gasteiger charge is 2.13. The van der Waals surface area contributed by atoms with Crippen LogP contribution in [0, 0.1) is 0 Å². The van der Waals surface area contributed by atoms with Gasteiger partial charge in [0.1, 0.15) is 0 Å². The average molecular weight is 273 g/mol. The molecule has 19 heavy (non-hydrogen) atoms. The Hall–Kier alpha value is -2.40. The highest BCUT2D eigenvalue weighted by Crippen LogP contribution is 2.29. The average Bonchev–Trinajstić information content (AvgIpc) is 2.89. The highest BCUT2D eigenvalue weighted by molar-refractivity contribution is 6.33. The molecule has 0 amide bonds. The minimum Gasteiger partial charge on any atom is -0.399 e. The maximum absolute atomic E-state index is 6.10. The van der Waals surface area contributed by atoms with Crippen molar-refractivity contribution < 1.29 is 4.52 Å². The molecule has 3 rings (SSSR count). The summed E-state index contributed by atoms with van der Waals surface area (Å²) in [6.07, 6.45) is 3.34. The first kappa shape index (κ1) is 11.7. The van der Waals surface area contributed by atoms with Crippen molar-refractivity contribution in [1.29, 1.82) is 0 Å². The maximum Gasteiger partial charge on any atom is 0.259 e. The molecule has 2 heterocycles. The Morgan fingerprint density at radius 1 is 1.11 bits per heavy atom. The summed E-state index contributed by atoms with van der Waals surface area (Å²) in [4.78, 5) is 8.25. The number of anilines is 1. The highest BCUT2D eigenvalue weighted by atomic mass is 35.5. The number of hydrogen-bond acceptors (Lipinski definition) is 5. The van der Waals surface area contributed by atoms with Crippen molar-refractivity contribution in [3.05, 3.63) is 47.7 Å². The molecular formula is C13H9ClN4O. The third kappa shape index (κ3) is 2.28. The lowest BCUT2D eigenvalue weighted by Gasteiger charge is -1.99. The number of aromatic nitrogens is 3. The second-order valence-corrected chi connectivity index (χ2v) is 4.31. The molecule has 0 aliphatic carbocycles. The van der Waals surface area contributed by atoms with E-state index < -0.39 is 0 Å². The topological polar surface area (TPSA) is 77.8 Å². The third-order valence-corrected chi connectivity index (χ3v) is 2.90. The van der Waals surface area contributed by atoms with Gasteiger partial charge in [-0.1, -0.05) is 16.8 Å². The summed E-state index contributed by atoms with van der Waals surface area (Å²) in [5.74, 6) is 0.849. The van der Waals surface area contributed by atoms with Crippen LogP contribution >= 0.6 is 11.6 Å². The summed E-state index contributed by atoms with van der Waals surface area (Å²) < 4.78 is 5.22. The van der Waals surface area contributed by atoms with Gasteiger partial charge < -0.3 is 10.3 Å². The predicted octanol–water partition coefficient (Wildman–Crippen LogP) is 3.03. The van der Waals surface area contributed by atoms with E-state index in [2.05, 4.69) is 15.1 Å². The number of hydrogen-bond donors (Lipinski definition) is 1. The van der Waals surface area contributed by atoms with Crippen molar-refractivity contribution in [1.82, 2.24) is 15.1 Å². The first-order valence-electron chi connectivity index (χ1n) is 5.53. The second kappa shape index (κ2) is 4.70. The van der Waals surface area contributed by atoms with Gasteiger partial charge in [0.25, 0.3) is 5.89 Å². The van der Waals surface area contributed by atoms with Crippen LogP contribution in [-0.4, -0.2) is 15.1 Å². The standard InChI is InChI=1S/C13H9ClN4O/c14-11-7-9(15)1-2-10(11)13-17-12(18-19-13)8-3-5-16-6-4-8/h1-7H,15H2. The molecule has 0 saturated carbocycles. The number of pyridine rings is 1. The van der Waals surface area contributed by atoms with Crippen LogP contribution in [0.4, 0.5) is 5.69 Å². The van der Waals surface area contributed by atoms with E-state index in [4.69, 9.17) is 21.9 Å². The van der Waals surface area contributed by atoms with Gasteiger partial charge in [0.05, 0.1) is 10.6 Å². The number of nitrogen functional groups attached to an aromatic ring is 1. The van der Waals surface area contributed by atoms with Crippen LogP contribution in [0.25, 0.3) is 22.8 Å². The Morgan fingerprint density at radius 3 is 2.63 bits per heavy atom. The minimum atomic E-state index is 0.358. The molecule has 0 atom stereocenters. The quantitative estimate of drug-likeness (QED) is 0.726. The fourth-order valence-electron chi connectivity index (χ4n) is 1.66. The number of nitrogens with zero attached hydrogens (tertiary/aromatic N) is 3. The van der Waals surface area contributed by atoms with E-state index in [0.717, 1.165) is 5.56 Å². The third-order valence-electron chi connectivity index (χ3n) is 2.59. The fourth-order valence-corrected chi connectivity index (χ4v) is 1.93. The lowest BCUT2D eigenvalue weighted by molar-refractivity contribution is 0.432. The zero-order valence-electron chi connectivity index (χ0n) is 9.75.